The highest BCUT2D eigenvalue weighted by molar-refractivity contribution is 6.60. The topological polar surface area (TPSA) is 37.4 Å². The first-order valence-electron chi connectivity index (χ1n) is 6.61. The van der Waals surface area contributed by atoms with Gasteiger partial charge in [0.1, 0.15) is 5.03 Å². The summed E-state index contributed by atoms with van der Waals surface area (Å²) in [6.07, 6.45) is 0. The molecule has 0 saturated heterocycles. The monoisotopic (exact) mass is 331 g/mol. The lowest BCUT2D eigenvalue weighted by Crippen LogP contribution is -2.31. The Labute approximate surface area is 137 Å². The maximum Gasteiger partial charge on any atom is 0.277 e. The number of amides is 2. The number of hydrogen-bond acceptors (Lipinski definition) is 2. The van der Waals surface area contributed by atoms with Crippen molar-refractivity contribution < 1.29 is 9.59 Å². The Morgan fingerprint density at radius 1 is 0.909 bits per heavy atom. The van der Waals surface area contributed by atoms with Gasteiger partial charge in [-0.15, -0.1) is 0 Å². The molecule has 0 radical (unpaired) electrons. The fourth-order valence-corrected chi connectivity index (χ4v) is 2.95. The largest absolute Gasteiger partial charge is 0.277 e. The predicted molar refractivity (Wildman–Crippen MR) is 87.9 cm³/mol. The first-order chi connectivity index (χ1) is 10.5. The normalized spacial score (nSPS) is 15.0. The SMILES string of the molecule is Cc1cc(Cl)ccc1N1C(=O)C(Cl)=C(c2ccccc2)C1=O. The van der Waals surface area contributed by atoms with E-state index in [9.17, 15) is 9.59 Å². The van der Waals surface area contributed by atoms with Crippen molar-refractivity contribution >= 4 is 46.3 Å². The molecule has 0 aromatic heterocycles. The van der Waals surface area contributed by atoms with Crippen LogP contribution in [0.1, 0.15) is 11.1 Å². The van der Waals surface area contributed by atoms with Gasteiger partial charge >= 0.3 is 0 Å². The quantitative estimate of drug-likeness (QED) is 0.774. The number of anilines is 1. The minimum atomic E-state index is -0.518. The molecule has 1 heterocycles. The Bertz CT molecular complexity index is 813. The molecule has 0 fully saturated rings. The van der Waals surface area contributed by atoms with Gasteiger partial charge < -0.3 is 0 Å². The molecule has 5 heteroatoms. The number of nitrogens with zero attached hydrogens (tertiary/aromatic N) is 1. The van der Waals surface area contributed by atoms with Crippen LogP contribution in [0.25, 0.3) is 5.57 Å². The van der Waals surface area contributed by atoms with Crippen LogP contribution in [0, 0.1) is 6.92 Å². The fraction of sp³-hybridized carbons (Fsp3) is 0.0588. The van der Waals surface area contributed by atoms with Gasteiger partial charge in [0.15, 0.2) is 0 Å². The van der Waals surface area contributed by atoms with Crippen molar-refractivity contribution in [3.05, 3.63) is 69.7 Å². The van der Waals surface area contributed by atoms with Gasteiger partial charge in [-0.25, -0.2) is 4.90 Å². The van der Waals surface area contributed by atoms with Crippen molar-refractivity contribution in [1.29, 1.82) is 0 Å². The van der Waals surface area contributed by atoms with Gasteiger partial charge in [0.25, 0.3) is 11.8 Å². The molecule has 3 nitrogen and oxygen atoms in total. The summed E-state index contributed by atoms with van der Waals surface area (Å²) in [5, 5.41) is 0.480. The van der Waals surface area contributed by atoms with Gasteiger partial charge in [-0.3, -0.25) is 9.59 Å². The summed E-state index contributed by atoms with van der Waals surface area (Å²) in [4.78, 5) is 26.2. The standard InChI is InChI=1S/C17H11Cl2NO2/c1-10-9-12(18)7-8-13(10)20-16(21)14(15(19)17(20)22)11-5-3-2-4-6-11/h2-9H,1H3. The van der Waals surface area contributed by atoms with Gasteiger partial charge in [0.2, 0.25) is 0 Å². The first-order valence-corrected chi connectivity index (χ1v) is 7.36. The summed E-state index contributed by atoms with van der Waals surface area (Å²) < 4.78 is 0. The highest BCUT2D eigenvalue weighted by atomic mass is 35.5. The maximum absolute atomic E-state index is 12.7. The molecule has 22 heavy (non-hydrogen) atoms. The number of carbonyl (C=O) groups excluding carboxylic acids is 2. The molecule has 3 rings (SSSR count). The zero-order valence-electron chi connectivity index (χ0n) is 11.6. The number of imide groups is 1. The van der Waals surface area contributed by atoms with Gasteiger partial charge in [-0.2, -0.15) is 0 Å². The summed E-state index contributed by atoms with van der Waals surface area (Å²) in [6.45, 7) is 1.79. The second-order valence-electron chi connectivity index (χ2n) is 4.93. The molecule has 2 amide bonds. The van der Waals surface area contributed by atoms with E-state index in [1.807, 2.05) is 6.07 Å². The summed E-state index contributed by atoms with van der Waals surface area (Å²) in [5.74, 6) is -0.942. The van der Waals surface area contributed by atoms with Crippen LogP contribution in [-0.4, -0.2) is 11.8 Å². The van der Waals surface area contributed by atoms with E-state index < -0.39 is 11.8 Å². The minimum absolute atomic E-state index is 0.0643. The van der Waals surface area contributed by atoms with Crippen LogP contribution in [0.4, 0.5) is 5.69 Å². The number of benzene rings is 2. The highest BCUT2D eigenvalue weighted by Crippen LogP contribution is 2.36. The van der Waals surface area contributed by atoms with Gasteiger partial charge in [0.05, 0.1) is 11.3 Å². The number of aryl methyl sites for hydroxylation is 1. The van der Waals surface area contributed by atoms with Crippen LogP contribution in [0.3, 0.4) is 0 Å². The van der Waals surface area contributed by atoms with Crippen molar-refractivity contribution in [3.8, 4) is 0 Å². The molecule has 1 aliphatic heterocycles. The average molecular weight is 332 g/mol. The molecule has 1 aliphatic rings. The van der Waals surface area contributed by atoms with E-state index in [0.29, 0.717) is 16.3 Å². The zero-order chi connectivity index (χ0) is 15.9. The van der Waals surface area contributed by atoms with Crippen LogP contribution in [0.5, 0.6) is 0 Å². The predicted octanol–water partition coefficient (Wildman–Crippen LogP) is 4.17. The molecule has 0 atom stereocenters. The average Bonchev–Trinajstić information content (AvgIpc) is 2.71. The van der Waals surface area contributed by atoms with Crippen molar-refractivity contribution in [2.75, 3.05) is 4.90 Å². The molecule has 2 aromatic carbocycles. The lowest BCUT2D eigenvalue weighted by molar-refractivity contribution is -0.119. The minimum Gasteiger partial charge on any atom is -0.268 e. The molecule has 0 spiro atoms. The van der Waals surface area contributed by atoms with E-state index in [-0.39, 0.29) is 10.6 Å². The molecule has 0 bridgehead atoms. The summed E-state index contributed by atoms with van der Waals surface area (Å²) in [7, 11) is 0. The molecular formula is C17H11Cl2NO2. The molecule has 0 unspecified atom stereocenters. The number of halogens is 2. The smallest absolute Gasteiger partial charge is 0.268 e. The highest BCUT2D eigenvalue weighted by Gasteiger charge is 2.39. The summed E-state index contributed by atoms with van der Waals surface area (Å²) in [5.41, 5.74) is 2.07. The Kier molecular flexibility index (Phi) is 3.77. The lowest BCUT2D eigenvalue weighted by atomic mass is 10.1. The summed E-state index contributed by atoms with van der Waals surface area (Å²) >= 11 is 12.1. The van der Waals surface area contributed by atoms with E-state index in [1.165, 1.54) is 0 Å². The first kappa shape index (κ1) is 14.8. The van der Waals surface area contributed by atoms with Crippen molar-refractivity contribution in [2.24, 2.45) is 0 Å². The van der Waals surface area contributed by atoms with Crippen LogP contribution >= 0.6 is 23.2 Å². The zero-order valence-corrected chi connectivity index (χ0v) is 13.2. The van der Waals surface area contributed by atoms with Crippen molar-refractivity contribution in [1.82, 2.24) is 0 Å². The third kappa shape index (κ3) is 2.32. The van der Waals surface area contributed by atoms with Gasteiger partial charge in [-0.1, -0.05) is 53.5 Å². The Morgan fingerprint density at radius 2 is 1.59 bits per heavy atom. The number of carbonyl (C=O) groups is 2. The van der Waals surface area contributed by atoms with Crippen molar-refractivity contribution in [2.45, 2.75) is 6.92 Å². The second kappa shape index (κ2) is 5.59. The number of hydrogen-bond donors (Lipinski definition) is 0. The van der Waals surface area contributed by atoms with Crippen LogP contribution in [0.15, 0.2) is 53.6 Å². The Balaban J connectivity index is 2.08. The fourth-order valence-electron chi connectivity index (χ4n) is 2.45. The summed E-state index contributed by atoms with van der Waals surface area (Å²) in [6, 6.07) is 13.9. The molecule has 110 valence electrons. The van der Waals surface area contributed by atoms with E-state index in [2.05, 4.69) is 0 Å². The van der Waals surface area contributed by atoms with E-state index in [1.54, 1.807) is 49.4 Å². The van der Waals surface area contributed by atoms with E-state index in [0.717, 1.165) is 10.5 Å². The van der Waals surface area contributed by atoms with Crippen LogP contribution in [-0.2, 0) is 9.59 Å². The Hall–Kier alpha value is -2.10. The second-order valence-corrected chi connectivity index (χ2v) is 5.75. The van der Waals surface area contributed by atoms with Crippen LogP contribution < -0.4 is 4.90 Å². The molecule has 0 saturated carbocycles. The third-order valence-corrected chi connectivity index (χ3v) is 4.08. The van der Waals surface area contributed by atoms with E-state index in [4.69, 9.17) is 23.2 Å². The molecular weight excluding hydrogens is 321 g/mol. The lowest BCUT2D eigenvalue weighted by Gasteiger charge is -2.17. The molecule has 2 aromatic rings. The van der Waals surface area contributed by atoms with E-state index >= 15 is 0 Å². The third-order valence-electron chi connectivity index (χ3n) is 3.49. The maximum atomic E-state index is 12.7. The number of rotatable bonds is 2. The molecule has 0 aliphatic carbocycles. The van der Waals surface area contributed by atoms with Crippen LogP contribution in [0.2, 0.25) is 5.02 Å². The molecule has 0 N–H and O–H groups in total. The van der Waals surface area contributed by atoms with Crippen molar-refractivity contribution in [3.63, 3.8) is 0 Å². The Morgan fingerprint density at radius 3 is 2.23 bits per heavy atom. The van der Waals surface area contributed by atoms with Gasteiger partial charge in [-0.05, 0) is 36.2 Å². The van der Waals surface area contributed by atoms with Gasteiger partial charge in [0, 0.05) is 5.02 Å².